The van der Waals surface area contributed by atoms with Crippen molar-refractivity contribution in [2.45, 2.75) is 227 Å². The van der Waals surface area contributed by atoms with Crippen molar-refractivity contribution in [3.8, 4) is 5.75 Å². The predicted molar refractivity (Wildman–Crippen MR) is 251 cm³/mol. The summed E-state index contributed by atoms with van der Waals surface area (Å²) in [5, 5.41) is 0.151. The second-order valence-corrected chi connectivity index (χ2v) is 31.6. The molecule has 0 saturated carbocycles. The fraction of sp³-hybridized carbons (Fsp3) is 0.812. The minimum Gasteiger partial charge on any atom is -0.491 e. The van der Waals surface area contributed by atoms with Crippen LogP contribution in [0.15, 0.2) is 24.3 Å². The molecule has 0 aliphatic rings. The highest BCUT2D eigenvalue weighted by atomic mass is 28.4. The normalized spacial score (nSPS) is 15.1. The van der Waals surface area contributed by atoms with Crippen LogP contribution in [0.4, 0.5) is 4.79 Å². The molecule has 0 spiro atoms. The molecule has 10 nitrogen and oxygen atoms in total. The lowest BCUT2D eigenvalue weighted by Crippen LogP contribution is -2.48. The lowest BCUT2D eigenvalue weighted by Gasteiger charge is -2.40. The smallest absolute Gasteiger partial charge is 0.410 e. The van der Waals surface area contributed by atoms with E-state index in [4.69, 9.17) is 27.8 Å². The molecular formula is C48H89NO9Si2. The number of ether oxygens (including phenoxy) is 4. The van der Waals surface area contributed by atoms with Gasteiger partial charge in [-0.15, -0.1) is 0 Å². The highest BCUT2D eigenvalue weighted by molar-refractivity contribution is 6.74. The fourth-order valence-electron chi connectivity index (χ4n) is 6.13. The van der Waals surface area contributed by atoms with Crippen molar-refractivity contribution >= 4 is 34.7 Å². The van der Waals surface area contributed by atoms with Crippen LogP contribution in [0.1, 0.15) is 160 Å². The Morgan fingerprint density at radius 3 is 1.78 bits per heavy atom. The van der Waals surface area contributed by atoms with Crippen LogP contribution < -0.4 is 4.74 Å². The van der Waals surface area contributed by atoms with Crippen LogP contribution in [0.2, 0.25) is 36.3 Å². The summed E-state index contributed by atoms with van der Waals surface area (Å²) in [6, 6.07) is 6.72. The molecular weight excluding hydrogens is 791 g/mol. The zero-order chi connectivity index (χ0) is 46.3. The monoisotopic (exact) mass is 880 g/mol. The van der Waals surface area contributed by atoms with Gasteiger partial charge in [0.25, 0.3) is 0 Å². The van der Waals surface area contributed by atoms with Gasteiger partial charge in [0.1, 0.15) is 35.7 Å². The number of hydrogen-bond acceptors (Lipinski definition) is 9. The van der Waals surface area contributed by atoms with Gasteiger partial charge in [-0.1, -0.05) is 86.8 Å². The van der Waals surface area contributed by atoms with Gasteiger partial charge in [-0.05, 0) is 127 Å². The maximum atomic E-state index is 14.5. The van der Waals surface area contributed by atoms with Crippen molar-refractivity contribution in [1.29, 1.82) is 0 Å². The molecule has 0 N–H and O–H groups in total. The Hall–Kier alpha value is -2.42. The highest BCUT2D eigenvalue weighted by Crippen LogP contribution is 2.39. The van der Waals surface area contributed by atoms with Gasteiger partial charge in [-0.25, -0.2) is 9.59 Å². The van der Waals surface area contributed by atoms with Crippen LogP contribution in [-0.4, -0.2) is 89.3 Å². The van der Waals surface area contributed by atoms with Gasteiger partial charge in [-0.3, -0.25) is 9.69 Å². The summed E-state index contributed by atoms with van der Waals surface area (Å²) in [5.41, 5.74) is -0.367. The van der Waals surface area contributed by atoms with Crippen molar-refractivity contribution < 1.29 is 42.2 Å². The average molecular weight is 880 g/mol. The molecule has 1 amide bonds. The van der Waals surface area contributed by atoms with Crippen LogP contribution in [0.25, 0.3) is 0 Å². The topological polar surface area (TPSA) is 110 Å². The first-order valence-corrected chi connectivity index (χ1v) is 28.5. The molecule has 0 aromatic heterocycles. The SMILES string of the molecule is CCC[C@@H](C[C@H](CC[C@H](C)CCCCC(=O)OC(C)(C)C)OC(=O)[C@H](Cc1ccc(OCCO[Si](C)(C)C(C)(C)C)cc1)N(C)C(=O)OC(C)(C)C)O[Si](C)(C)C(C)(C)C. The molecule has 1 aromatic rings. The molecule has 0 aliphatic heterocycles. The third kappa shape index (κ3) is 21.6. The van der Waals surface area contributed by atoms with Crippen LogP contribution in [0.5, 0.6) is 5.75 Å². The maximum Gasteiger partial charge on any atom is 0.410 e. The van der Waals surface area contributed by atoms with E-state index in [1.165, 1.54) is 4.90 Å². The Balaban J connectivity index is 3.31. The average Bonchev–Trinajstić information content (AvgIpc) is 3.07. The molecule has 0 radical (unpaired) electrons. The predicted octanol–water partition coefficient (Wildman–Crippen LogP) is 12.7. The zero-order valence-electron chi connectivity index (χ0n) is 41.7. The number of nitrogens with zero attached hydrogens (tertiary/aromatic N) is 1. The summed E-state index contributed by atoms with van der Waals surface area (Å²) >= 11 is 0. The van der Waals surface area contributed by atoms with Gasteiger partial charge < -0.3 is 27.8 Å². The summed E-state index contributed by atoms with van der Waals surface area (Å²) in [6.07, 6.45) is 6.09. The molecule has 0 bridgehead atoms. The minimum atomic E-state index is -2.13. The van der Waals surface area contributed by atoms with Gasteiger partial charge >= 0.3 is 18.0 Å². The summed E-state index contributed by atoms with van der Waals surface area (Å²) in [4.78, 5) is 41.6. The van der Waals surface area contributed by atoms with Gasteiger partial charge in [0, 0.05) is 32.4 Å². The van der Waals surface area contributed by atoms with Crippen molar-refractivity contribution in [1.82, 2.24) is 4.90 Å². The van der Waals surface area contributed by atoms with Gasteiger partial charge in [0.15, 0.2) is 16.6 Å². The number of esters is 2. The van der Waals surface area contributed by atoms with Gasteiger partial charge in [0.05, 0.1) is 6.61 Å². The third-order valence-electron chi connectivity index (χ3n) is 11.8. The number of carbonyl (C=O) groups excluding carboxylic acids is 3. The Morgan fingerprint density at radius 2 is 1.27 bits per heavy atom. The molecule has 0 heterocycles. The molecule has 0 unspecified atom stereocenters. The minimum absolute atomic E-state index is 0.0271. The first kappa shape index (κ1) is 55.6. The van der Waals surface area contributed by atoms with E-state index in [0.29, 0.717) is 44.1 Å². The van der Waals surface area contributed by atoms with E-state index in [2.05, 4.69) is 81.6 Å². The number of unbranched alkanes of at least 4 members (excludes halogenated alkanes) is 1. The summed E-state index contributed by atoms with van der Waals surface area (Å²) < 4.78 is 37.0. The lowest BCUT2D eigenvalue weighted by molar-refractivity contribution is -0.157. The number of carbonyl (C=O) groups is 3. The van der Waals surface area contributed by atoms with E-state index < -0.39 is 52.0 Å². The highest BCUT2D eigenvalue weighted by Gasteiger charge is 2.40. The molecule has 348 valence electrons. The lowest BCUT2D eigenvalue weighted by atomic mass is 9.94. The van der Waals surface area contributed by atoms with E-state index in [-0.39, 0.29) is 28.6 Å². The molecule has 1 rings (SSSR count). The van der Waals surface area contributed by atoms with Crippen molar-refractivity contribution in [3.63, 3.8) is 0 Å². The van der Waals surface area contributed by atoms with Crippen LogP contribution in [0.3, 0.4) is 0 Å². The maximum absolute atomic E-state index is 14.5. The standard InChI is InChI=1S/C48H89NO9Si2/c1-20-23-40(58-60(18,19)48(12,13)14)35-39(29-26-36(2)24-21-22-25-42(50)56-45(3,4)5)55-43(51)41(49(15)44(52)57-46(6,7)8)34-37-27-30-38(31-28-37)53-32-33-54-59(16,17)47(9,10)11/h27-28,30-31,36,39-41H,20-26,29,32-35H2,1-19H3/t36-,39+,40+,41+/m1/s1. The zero-order valence-corrected chi connectivity index (χ0v) is 43.7. The molecule has 12 heteroatoms. The Labute approximate surface area is 369 Å². The van der Waals surface area contributed by atoms with Crippen molar-refractivity contribution in [3.05, 3.63) is 29.8 Å². The summed E-state index contributed by atoms with van der Waals surface area (Å²) in [5.74, 6) is 0.433. The van der Waals surface area contributed by atoms with Crippen LogP contribution >= 0.6 is 0 Å². The molecule has 1 aromatic carbocycles. The molecule has 60 heavy (non-hydrogen) atoms. The second-order valence-electron chi connectivity index (χ2n) is 22.0. The van der Waals surface area contributed by atoms with Gasteiger partial charge in [-0.2, -0.15) is 0 Å². The van der Waals surface area contributed by atoms with Crippen molar-refractivity contribution in [2.75, 3.05) is 20.3 Å². The molecule has 0 saturated heterocycles. The summed E-state index contributed by atoms with van der Waals surface area (Å²) in [6.45, 7) is 38.8. The van der Waals surface area contributed by atoms with E-state index >= 15 is 0 Å². The summed E-state index contributed by atoms with van der Waals surface area (Å²) in [7, 11) is -2.40. The molecule has 0 fully saturated rings. The van der Waals surface area contributed by atoms with E-state index in [9.17, 15) is 14.4 Å². The number of benzene rings is 1. The first-order chi connectivity index (χ1) is 27.3. The largest absolute Gasteiger partial charge is 0.491 e. The van der Waals surface area contributed by atoms with Crippen LogP contribution in [-0.2, 0) is 39.1 Å². The van der Waals surface area contributed by atoms with Crippen LogP contribution in [0, 0.1) is 5.92 Å². The van der Waals surface area contributed by atoms with Gasteiger partial charge in [0.2, 0.25) is 0 Å². The Kier molecular flexibility index (Phi) is 22.1. The fourth-order valence-corrected chi connectivity index (χ4v) is 8.56. The molecule has 4 atom stereocenters. The van der Waals surface area contributed by atoms with E-state index in [1.54, 1.807) is 7.05 Å². The second kappa shape index (κ2) is 23.9. The number of amides is 1. The van der Waals surface area contributed by atoms with Crippen molar-refractivity contribution in [2.24, 2.45) is 5.92 Å². The quantitative estimate of drug-likeness (QED) is 0.0434. The van der Waals surface area contributed by atoms with E-state index in [0.717, 1.165) is 44.1 Å². The first-order valence-electron chi connectivity index (χ1n) is 22.7. The third-order valence-corrected chi connectivity index (χ3v) is 20.9. The Bertz CT molecular complexity index is 1440. The number of hydrogen-bond donors (Lipinski definition) is 0. The molecule has 0 aliphatic carbocycles. The van der Waals surface area contributed by atoms with E-state index in [1.807, 2.05) is 65.8 Å². The Morgan fingerprint density at radius 1 is 0.700 bits per heavy atom. The number of likely N-dealkylation sites (N-methyl/N-ethyl adjacent to an activating group) is 1. The number of rotatable bonds is 24.